The molecule has 1 atom stereocenters. The van der Waals surface area contributed by atoms with E-state index in [9.17, 15) is 4.79 Å². The number of hydrogen-bond donors (Lipinski definition) is 1. The average molecular weight is 297 g/mol. The molecule has 0 aromatic heterocycles. The third-order valence-electron chi connectivity index (χ3n) is 3.51. The summed E-state index contributed by atoms with van der Waals surface area (Å²) in [6.45, 7) is 10.5. The van der Waals surface area contributed by atoms with Crippen molar-refractivity contribution in [2.24, 2.45) is 5.92 Å². The fraction of sp³-hybridized carbons (Fsp3) is 0.562. The van der Waals surface area contributed by atoms with Gasteiger partial charge in [0, 0.05) is 17.5 Å². The number of carbonyl (C=O) groups is 1. The van der Waals surface area contributed by atoms with Crippen LogP contribution in [0.3, 0.4) is 0 Å². The third-order valence-corrected chi connectivity index (χ3v) is 3.86. The largest absolute Gasteiger partial charge is 0.354 e. The zero-order chi connectivity index (χ0) is 15.1. The average Bonchev–Trinajstić information content (AvgIpc) is 2.44. The van der Waals surface area contributed by atoms with Gasteiger partial charge in [-0.2, -0.15) is 0 Å². The number of rotatable bonds is 7. The summed E-state index contributed by atoms with van der Waals surface area (Å²) in [4.78, 5) is 14.1. The van der Waals surface area contributed by atoms with E-state index in [1.165, 1.54) is 0 Å². The van der Waals surface area contributed by atoms with Gasteiger partial charge in [0.05, 0.1) is 6.04 Å². The van der Waals surface area contributed by atoms with Crippen LogP contribution >= 0.6 is 11.6 Å². The van der Waals surface area contributed by atoms with Gasteiger partial charge in [-0.1, -0.05) is 57.5 Å². The number of carbonyl (C=O) groups excluding carboxylic acids is 1. The summed E-state index contributed by atoms with van der Waals surface area (Å²) in [5.41, 5.74) is 1.07. The van der Waals surface area contributed by atoms with Crippen molar-refractivity contribution < 1.29 is 4.79 Å². The van der Waals surface area contributed by atoms with Gasteiger partial charge in [0.25, 0.3) is 0 Å². The van der Waals surface area contributed by atoms with E-state index in [1.807, 2.05) is 38.1 Å². The van der Waals surface area contributed by atoms with Gasteiger partial charge < -0.3 is 5.32 Å². The lowest BCUT2D eigenvalue weighted by Crippen LogP contribution is -2.39. The van der Waals surface area contributed by atoms with Crippen molar-refractivity contribution in [1.29, 1.82) is 0 Å². The molecule has 112 valence electrons. The molecule has 1 rings (SSSR count). The van der Waals surface area contributed by atoms with Gasteiger partial charge in [-0.15, -0.1) is 0 Å². The van der Waals surface area contributed by atoms with Gasteiger partial charge in [0.1, 0.15) is 0 Å². The first-order chi connectivity index (χ1) is 9.51. The van der Waals surface area contributed by atoms with Crippen molar-refractivity contribution in [1.82, 2.24) is 10.2 Å². The minimum atomic E-state index is -0.00130. The highest BCUT2D eigenvalue weighted by atomic mass is 35.5. The fourth-order valence-corrected chi connectivity index (χ4v) is 2.51. The van der Waals surface area contributed by atoms with Crippen LogP contribution in [0.1, 0.15) is 39.3 Å². The molecule has 0 spiro atoms. The van der Waals surface area contributed by atoms with Crippen LogP contribution in [0.25, 0.3) is 0 Å². The molecule has 0 aliphatic rings. The van der Waals surface area contributed by atoms with Crippen LogP contribution in [-0.4, -0.2) is 30.4 Å². The van der Waals surface area contributed by atoms with E-state index in [1.54, 1.807) is 0 Å². The van der Waals surface area contributed by atoms with Crippen molar-refractivity contribution >= 4 is 17.5 Å². The smallest absolute Gasteiger partial charge is 0.222 e. The lowest BCUT2D eigenvalue weighted by atomic mass is 10.0. The molecule has 4 heteroatoms. The van der Waals surface area contributed by atoms with Crippen molar-refractivity contribution in [2.45, 2.75) is 33.7 Å². The zero-order valence-electron chi connectivity index (χ0n) is 12.8. The summed E-state index contributed by atoms with van der Waals surface area (Å²) in [6, 6.07) is 7.96. The number of benzene rings is 1. The molecule has 20 heavy (non-hydrogen) atoms. The Morgan fingerprint density at radius 1 is 1.25 bits per heavy atom. The van der Waals surface area contributed by atoms with Crippen molar-refractivity contribution in [2.75, 3.05) is 19.6 Å². The Balaban J connectivity index is 2.92. The summed E-state index contributed by atoms with van der Waals surface area (Å²) < 4.78 is 0. The number of amides is 1. The summed E-state index contributed by atoms with van der Waals surface area (Å²) in [5, 5.41) is 3.77. The Morgan fingerprint density at radius 2 is 1.85 bits per heavy atom. The minimum absolute atomic E-state index is 0.00130. The van der Waals surface area contributed by atoms with E-state index in [2.05, 4.69) is 24.1 Å². The second-order valence-electron chi connectivity index (χ2n) is 5.16. The Bertz CT molecular complexity index is 430. The number of nitrogens with one attached hydrogen (secondary N) is 1. The Hall–Kier alpha value is -1.06. The van der Waals surface area contributed by atoms with E-state index < -0.39 is 0 Å². The van der Waals surface area contributed by atoms with Gasteiger partial charge in [-0.3, -0.25) is 9.69 Å². The van der Waals surface area contributed by atoms with E-state index in [-0.39, 0.29) is 17.9 Å². The minimum Gasteiger partial charge on any atom is -0.354 e. The molecule has 3 nitrogen and oxygen atoms in total. The first kappa shape index (κ1) is 17.0. The van der Waals surface area contributed by atoms with Crippen LogP contribution < -0.4 is 5.32 Å². The highest BCUT2D eigenvalue weighted by Gasteiger charge is 2.21. The number of hydrogen-bond acceptors (Lipinski definition) is 2. The maximum absolute atomic E-state index is 11.8. The number of halogens is 1. The monoisotopic (exact) mass is 296 g/mol. The van der Waals surface area contributed by atoms with Gasteiger partial charge in [0.15, 0.2) is 0 Å². The first-order valence-corrected chi connectivity index (χ1v) is 7.65. The molecule has 0 saturated carbocycles. The molecule has 0 bridgehead atoms. The van der Waals surface area contributed by atoms with Crippen LogP contribution in [0, 0.1) is 5.92 Å². The lowest BCUT2D eigenvalue weighted by molar-refractivity contribution is -0.124. The van der Waals surface area contributed by atoms with Crippen LogP contribution in [0.4, 0.5) is 0 Å². The molecule has 1 N–H and O–H groups in total. The summed E-state index contributed by atoms with van der Waals surface area (Å²) >= 11 is 6.32. The molecular weight excluding hydrogens is 272 g/mol. The predicted molar refractivity (Wildman–Crippen MR) is 85.0 cm³/mol. The SMILES string of the molecule is CCN(CC)C(CNC(=O)C(C)C)c1ccccc1Cl. The third kappa shape index (κ3) is 4.50. The van der Waals surface area contributed by atoms with E-state index in [0.717, 1.165) is 23.7 Å². The highest BCUT2D eigenvalue weighted by Crippen LogP contribution is 2.26. The molecule has 0 aliphatic heterocycles. The van der Waals surface area contributed by atoms with Crippen molar-refractivity contribution in [3.63, 3.8) is 0 Å². The zero-order valence-corrected chi connectivity index (χ0v) is 13.6. The van der Waals surface area contributed by atoms with Crippen LogP contribution in [-0.2, 0) is 4.79 Å². The Morgan fingerprint density at radius 3 is 2.35 bits per heavy atom. The maximum Gasteiger partial charge on any atom is 0.222 e. The van der Waals surface area contributed by atoms with Crippen LogP contribution in [0.2, 0.25) is 5.02 Å². The molecule has 1 unspecified atom stereocenters. The molecule has 0 radical (unpaired) electrons. The van der Waals surface area contributed by atoms with E-state index >= 15 is 0 Å². The fourth-order valence-electron chi connectivity index (χ4n) is 2.25. The molecular formula is C16H25ClN2O. The Kier molecular flexibility index (Phi) is 7.03. The molecule has 0 fully saturated rings. The maximum atomic E-state index is 11.8. The van der Waals surface area contributed by atoms with E-state index in [4.69, 9.17) is 11.6 Å². The molecule has 0 saturated heterocycles. The highest BCUT2D eigenvalue weighted by molar-refractivity contribution is 6.31. The predicted octanol–water partition coefficient (Wildman–Crippen LogP) is 3.50. The molecule has 1 aromatic rings. The van der Waals surface area contributed by atoms with Gasteiger partial charge >= 0.3 is 0 Å². The topological polar surface area (TPSA) is 32.3 Å². The van der Waals surface area contributed by atoms with Crippen molar-refractivity contribution in [3.05, 3.63) is 34.9 Å². The standard InChI is InChI=1S/C16H25ClN2O/c1-5-19(6-2)15(11-18-16(20)12(3)4)13-9-7-8-10-14(13)17/h7-10,12,15H,5-6,11H2,1-4H3,(H,18,20). The van der Waals surface area contributed by atoms with E-state index in [0.29, 0.717) is 6.54 Å². The molecule has 1 amide bonds. The normalized spacial score (nSPS) is 12.8. The van der Waals surface area contributed by atoms with Crippen molar-refractivity contribution in [3.8, 4) is 0 Å². The quantitative estimate of drug-likeness (QED) is 0.835. The second kappa shape index (κ2) is 8.28. The molecule has 0 heterocycles. The summed E-state index contributed by atoms with van der Waals surface area (Å²) in [6.07, 6.45) is 0. The molecule has 0 aliphatic carbocycles. The lowest BCUT2D eigenvalue weighted by Gasteiger charge is -2.31. The van der Waals surface area contributed by atoms with Crippen LogP contribution in [0.5, 0.6) is 0 Å². The second-order valence-corrected chi connectivity index (χ2v) is 5.57. The summed E-state index contributed by atoms with van der Waals surface area (Å²) in [7, 11) is 0. The number of likely N-dealkylation sites (N-methyl/N-ethyl adjacent to an activating group) is 1. The Labute approximate surface area is 127 Å². The van der Waals surface area contributed by atoms with Gasteiger partial charge in [-0.25, -0.2) is 0 Å². The van der Waals surface area contributed by atoms with Gasteiger partial charge in [-0.05, 0) is 24.7 Å². The number of nitrogens with zero attached hydrogens (tertiary/aromatic N) is 1. The van der Waals surface area contributed by atoms with Gasteiger partial charge in [0.2, 0.25) is 5.91 Å². The first-order valence-electron chi connectivity index (χ1n) is 7.27. The molecule has 1 aromatic carbocycles. The van der Waals surface area contributed by atoms with Crippen LogP contribution in [0.15, 0.2) is 24.3 Å². The summed E-state index contributed by atoms with van der Waals surface area (Å²) in [5.74, 6) is 0.0767.